The molecule has 2 rings (SSSR count). The van der Waals surface area contributed by atoms with Gasteiger partial charge < -0.3 is 9.25 Å². The van der Waals surface area contributed by atoms with Crippen LogP contribution in [0.2, 0.25) is 0 Å². The number of furan rings is 1. The number of hydrogen-bond acceptors (Lipinski definition) is 3. The highest BCUT2D eigenvalue weighted by Crippen LogP contribution is 2.21. The standard InChI is InChI=1S/C10H13NO2/c1-8-5-6-10(12-8)7-11-13-9-3-2-4-9/h5-7,9H,2-4H2,1H3/b11-7+. The lowest BCUT2D eigenvalue weighted by molar-refractivity contribution is 0.00685. The van der Waals surface area contributed by atoms with E-state index in [0.29, 0.717) is 6.10 Å². The zero-order valence-electron chi connectivity index (χ0n) is 7.69. The van der Waals surface area contributed by atoms with Crippen molar-refractivity contribution >= 4 is 6.21 Å². The SMILES string of the molecule is Cc1ccc(/C=N/OC2CCC2)o1. The molecule has 13 heavy (non-hydrogen) atoms. The predicted octanol–water partition coefficient (Wildman–Crippen LogP) is 2.49. The molecule has 0 aliphatic heterocycles. The Kier molecular flexibility index (Phi) is 2.34. The number of hydrogen-bond donors (Lipinski definition) is 0. The topological polar surface area (TPSA) is 34.7 Å². The van der Waals surface area contributed by atoms with Crippen LogP contribution in [0.15, 0.2) is 21.7 Å². The summed E-state index contributed by atoms with van der Waals surface area (Å²) in [7, 11) is 0. The van der Waals surface area contributed by atoms with Crippen LogP contribution in [0.1, 0.15) is 30.8 Å². The predicted molar refractivity (Wildman–Crippen MR) is 49.8 cm³/mol. The average Bonchev–Trinajstić information content (AvgIpc) is 2.42. The van der Waals surface area contributed by atoms with Crippen LogP contribution in [0.25, 0.3) is 0 Å². The van der Waals surface area contributed by atoms with Crippen LogP contribution in [0.3, 0.4) is 0 Å². The Morgan fingerprint density at radius 3 is 2.92 bits per heavy atom. The summed E-state index contributed by atoms with van der Waals surface area (Å²) in [6.45, 7) is 1.91. The molecule has 0 N–H and O–H groups in total. The van der Waals surface area contributed by atoms with Crippen molar-refractivity contribution in [2.24, 2.45) is 5.16 Å². The van der Waals surface area contributed by atoms with E-state index in [-0.39, 0.29) is 0 Å². The minimum Gasteiger partial charge on any atom is -0.460 e. The van der Waals surface area contributed by atoms with Gasteiger partial charge >= 0.3 is 0 Å². The zero-order valence-corrected chi connectivity index (χ0v) is 7.69. The van der Waals surface area contributed by atoms with Crippen molar-refractivity contribution in [3.63, 3.8) is 0 Å². The van der Waals surface area contributed by atoms with Crippen molar-refractivity contribution in [3.8, 4) is 0 Å². The maximum absolute atomic E-state index is 5.29. The zero-order chi connectivity index (χ0) is 9.10. The van der Waals surface area contributed by atoms with E-state index in [0.717, 1.165) is 24.4 Å². The molecular weight excluding hydrogens is 166 g/mol. The van der Waals surface area contributed by atoms with E-state index < -0.39 is 0 Å². The summed E-state index contributed by atoms with van der Waals surface area (Å²) >= 11 is 0. The van der Waals surface area contributed by atoms with E-state index in [1.54, 1.807) is 6.21 Å². The highest BCUT2D eigenvalue weighted by Gasteiger charge is 2.18. The van der Waals surface area contributed by atoms with Gasteiger partial charge in [-0.1, -0.05) is 5.16 Å². The van der Waals surface area contributed by atoms with Gasteiger partial charge in [0, 0.05) is 0 Å². The summed E-state index contributed by atoms with van der Waals surface area (Å²) in [5.74, 6) is 1.64. The number of nitrogens with zero attached hydrogens (tertiary/aromatic N) is 1. The summed E-state index contributed by atoms with van der Waals surface area (Å²) in [4.78, 5) is 5.20. The highest BCUT2D eigenvalue weighted by molar-refractivity contribution is 5.75. The summed E-state index contributed by atoms with van der Waals surface area (Å²) < 4.78 is 5.29. The quantitative estimate of drug-likeness (QED) is 0.527. The fourth-order valence-corrected chi connectivity index (χ4v) is 1.17. The first-order chi connectivity index (χ1) is 6.34. The Hall–Kier alpha value is -1.25. The Labute approximate surface area is 77.4 Å². The number of oxime groups is 1. The molecule has 3 heteroatoms. The molecule has 0 amide bonds. The minimum absolute atomic E-state index is 0.340. The Balaban J connectivity index is 1.82. The fourth-order valence-electron chi connectivity index (χ4n) is 1.17. The fraction of sp³-hybridized carbons (Fsp3) is 0.500. The molecule has 1 aromatic heterocycles. The van der Waals surface area contributed by atoms with Crippen LogP contribution in [-0.2, 0) is 4.84 Å². The maximum atomic E-state index is 5.29. The molecule has 1 fully saturated rings. The van der Waals surface area contributed by atoms with Crippen molar-refractivity contribution in [1.29, 1.82) is 0 Å². The van der Waals surface area contributed by atoms with Crippen molar-refractivity contribution in [2.45, 2.75) is 32.3 Å². The van der Waals surface area contributed by atoms with E-state index in [9.17, 15) is 0 Å². The van der Waals surface area contributed by atoms with Crippen molar-refractivity contribution in [2.75, 3.05) is 0 Å². The molecule has 3 nitrogen and oxygen atoms in total. The Morgan fingerprint density at radius 2 is 2.38 bits per heavy atom. The lowest BCUT2D eigenvalue weighted by atomic mass is 9.97. The van der Waals surface area contributed by atoms with Crippen LogP contribution in [0.5, 0.6) is 0 Å². The second-order valence-electron chi connectivity index (χ2n) is 3.34. The van der Waals surface area contributed by atoms with Gasteiger partial charge in [-0.25, -0.2) is 0 Å². The number of rotatable bonds is 3. The van der Waals surface area contributed by atoms with Gasteiger partial charge in [0.25, 0.3) is 0 Å². The van der Waals surface area contributed by atoms with E-state index in [1.807, 2.05) is 19.1 Å². The summed E-state index contributed by atoms with van der Waals surface area (Å²) in [5, 5.41) is 3.86. The second kappa shape index (κ2) is 3.64. The molecule has 0 radical (unpaired) electrons. The Bertz CT molecular complexity index is 300. The maximum Gasteiger partial charge on any atom is 0.148 e. The first-order valence-electron chi connectivity index (χ1n) is 4.60. The Morgan fingerprint density at radius 1 is 1.54 bits per heavy atom. The molecule has 1 saturated carbocycles. The van der Waals surface area contributed by atoms with Gasteiger partial charge in [-0.2, -0.15) is 0 Å². The van der Waals surface area contributed by atoms with Crippen molar-refractivity contribution in [1.82, 2.24) is 0 Å². The molecular formula is C10H13NO2. The molecule has 1 aliphatic carbocycles. The molecule has 0 aromatic carbocycles. The largest absolute Gasteiger partial charge is 0.460 e. The first kappa shape index (κ1) is 8.35. The van der Waals surface area contributed by atoms with Gasteiger partial charge in [0.05, 0.1) is 0 Å². The van der Waals surface area contributed by atoms with Gasteiger partial charge in [-0.3, -0.25) is 0 Å². The smallest absolute Gasteiger partial charge is 0.148 e. The third kappa shape index (κ3) is 2.11. The molecule has 0 saturated heterocycles. The van der Waals surface area contributed by atoms with Gasteiger partial charge in [-0.15, -0.1) is 0 Å². The van der Waals surface area contributed by atoms with E-state index in [2.05, 4.69) is 5.16 Å². The normalized spacial score (nSPS) is 17.6. The first-order valence-corrected chi connectivity index (χ1v) is 4.60. The second-order valence-corrected chi connectivity index (χ2v) is 3.34. The molecule has 1 aliphatic rings. The number of aryl methyl sites for hydroxylation is 1. The molecule has 1 heterocycles. The van der Waals surface area contributed by atoms with Gasteiger partial charge in [-0.05, 0) is 38.3 Å². The van der Waals surface area contributed by atoms with E-state index in [4.69, 9.17) is 9.25 Å². The lowest BCUT2D eigenvalue weighted by Gasteiger charge is -2.22. The molecule has 70 valence electrons. The van der Waals surface area contributed by atoms with Gasteiger partial charge in [0.2, 0.25) is 0 Å². The average molecular weight is 179 g/mol. The van der Waals surface area contributed by atoms with E-state index in [1.165, 1.54) is 6.42 Å². The molecule has 0 atom stereocenters. The lowest BCUT2D eigenvalue weighted by Crippen LogP contribution is -2.18. The van der Waals surface area contributed by atoms with Crippen LogP contribution in [-0.4, -0.2) is 12.3 Å². The third-order valence-corrected chi connectivity index (χ3v) is 2.20. The van der Waals surface area contributed by atoms with E-state index >= 15 is 0 Å². The summed E-state index contributed by atoms with van der Waals surface area (Å²) in [6, 6.07) is 3.79. The third-order valence-electron chi connectivity index (χ3n) is 2.20. The molecule has 0 spiro atoms. The molecule has 0 unspecified atom stereocenters. The summed E-state index contributed by atoms with van der Waals surface area (Å²) in [5.41, 5.74) is 0. The van der Waals surface area contributed by atoms with Crippen LogP contribution in [0.4, 0.5) is 0 Å². The summed E-state index contributed by atoms with van der Waals surface area (Å²) in [6.07, 6.45) is 5.49. The van der Waals surface area contributed by atoms with Gasteiger partial charge in [0.15, 0.2) is 0 Å². The van der Waals surface area contributed by atoms with Crippen LogP contribution >= 0.6 is 0 Å². The monoisotopic (exact) mass is 179 g/mol. The molecule has 0 bridgehead atoms. The van der Waals surface area contributed by atoms with Crippen LogP contribution in [0, 0.1) is 6.92 Å². The van der Waals surface area contributed by atoms with Gasteiger partial charge in [0.1, 0.15) is 23.8 Å². The highest BCUT2D eigenvalue weighted by atomic mass is 16.6. The van der Waals surface area contributed by atoms with Crippen molar-refractivity contribution < 1.29 is 9.25 Å². The minimum atomic E-state index is 0.340. The van der Waals surface area contributed by atoms with Crippen LogP contribution < -0.4 is 0 Å². The van der Waals surface area contributed by atoms with Crippen molar-refractivity contribution in [3.05, 3.63) is 23.7 Å². The molecule has 1 aromatic rings.